The topological polar surface area (TPSA) is 146 Å². The number of ether oxygens (including phenoxy) is 3. The summed E-state index contributed by atoms with van der Waals surface area (Å²) in [6.07, 6.45) is 0.671. The van der Waals surface area contributed by atoms with E-state index < -0.39 is 23.8 Å². The summed E-state index contributed by atoms with van der Waals surface area (Å²) >= 11 is 0. The minimum Gasteiger partial charge on any atom is -0.508 e. The van der Waals surface area contributed by atoms with Crippen LogP contribution in [0.25, 0.3) is 22.3 Å². The summed E-state index contributed by atoms with van der Waals surface area (Å²) in [5, 5.41) is 13.5. The van der Waals surface area contributed by atoms with Gasteiger partial charge in [-0.25, -0.2) is 14.6 Å². The largest absolute Gasteiger partial charge is 0.508 e. The summed E-state index contributed by atoms with van der Waals surface area (Å²) in [5.41, 5.74) is 3.39. The molecule has 4 heterocycles. The van der Waals surface area contributed by atoms with E-state index in [2.05, 4.69) is 5.32 Å². The fourth-order valence-electron chi connectivity index (χ4n) is 5.50. The molecular formula is C31H35N3O8. The number of rotatable bonds is 8. The smallest absolute Gasteiger partial charge is 0.408 e. The molecule has 2 N–H and O–H groups in total. The van der Waals surface area contributed by atoms with Gasteiger partial charge in [0.25, 0.3) is 5.56 Å². The lowest BCUT2D eigenvalue weighted by atomic mass is 9.97. The lowest BCUT2D eigenvalue weighted by Gasteiger charge is -2.25. The van der Waals surface area contributed by atoms with Crippen LogP contribution in [0.1, 0.15) is 81.7 Å². The Hall–Kier alpha value is -4.41. The minimum absolute atomic E-state index is 0.136. The lowest BCUT2D eigenvalue weighted by Crippen LogP contribution is -2.36. The number of fused-ring (bicyclic) bond motifs is 5. The molecule has 1 amide bonds. The van der Waals surface area contributed by atoms with Gasteiger partial charge in [0.05, 0.1) is 29.0 Å². The first kappa shape index (κ1) is 29.1. The number of aromatic hydroxyl groups is 1. The first-order valence-electron chi connectivity index (χ1n) is 14.2. The number of benzene rings is 1. The fourth-order valence-corrected chi connectivity index (χ4v) is 5.50. The van der Waals surface area contributed by atoms with Crippen molar-refractivity contribution in [2.75, 3.05) is 6.54 Å². The third-order valence-corrected chi connectivity index (χ3v) is 7.36. The second-order valence-corrected chi connectivity index (χ2v) is 11.5. The van der Waals surface area contributed by atoms with Crippen LogP contribution < -0.4 is 10.9 Å². The number of amides is 1. The number of aromatic nitrogens is 2. The zero-order chi connectivity index (χ0) is 30.2. The number of phenolic OH excluding ortho intramolecular Hbond substituents is 1. The molecule has 0 aliphatic carbocycles. The maximum atomic E-state index is 13.6. The van der Waals surface area contributed by atoms with Gasteiger partial charge in [-0.2, -0.15) is 0 Å². The van der Waals surface area contributed by atoms with Gasteiger partial charge in [-0.15, -0.1) is 0 Å². The lowest BCUT2D eigenvalue weighted by molar-refractivity contribution is -0.158. The molecule has 0 fully saturated rings. The summed E-state index contributed by atoms with van der Waals surface area (Å²) in [5.74, 6) is -0.881. The van der Waals surface area contributed by atoms with Crippen LogP contribution in [0.4, 0.5) is 4.79 Å². The number of phenols is 1. The Kier molecular flexibility index (Phi) is 7.94. The monoisotopic (exact) mass is 577 g/mol. The van der Waals surface area contributed by atoms with Gasteiger partial charge < -0.3 is 29.2 Å². The van der Waals surface area contributed by atoms with Crippen LogP contribution in [0.2, 0.25) is 0 Å². The number of carbonyl (C=O) groups excluding carboxylic acids is 3. The van der Waals surface area contributed by atoms with Crippen molar-refractivity contribution in [2.24, 2.45) is 0 Å². The van der Waals surface area contributed by atoms with Gasteiger partial charge in [-0.05, 0) is 69.9 Å². The second kappa shape index (κ2) is 11.5. The average Bonchev–Trinajstić information content (AvgIpc) is 3.28. The number of hydrogen-bond donors (Lipinski definition) is 2. The van der Waals surface area contributed by atoms with E-state index in [1.807, 2.05) is 27.7 Å². The third-order valence-electron chi connectivity index (χ3n) is 7.36. The molecule has 11 nitrogen and oxygen atoms in total. The number of unbranched alkanes of at least 4 members (excludes halogenated alkanes) is 2. The summed E-state index contributed by atoms with van der Waals surface area (Å²) < 4.78 is 17.6. The molecule has 1 atom stereocenters. The molecule has 0 radical (unpaired) electrons. The maximum Gasteiger partial charge on any atom is 0.408 e. The van der Waals surface area contributed by atoms with Crippen LogP contribution in [0.15, 0.2) is 29.1 Å². The van der Waals surface area contributed by atoms with E-state index in [4.69, 9.17) is 19.2 Å². The molecule has 11 heteroatoms. The van der Waals surface area contributed by atoms with Crippen molar-refractivity contribution < 1.29 is 33.7 Å². The Morgan fingerprint density at radius 3 is 2.67 bits per heavy atom. The number of pyridine rings is 2. The standard InChI is InChI=1S/C31H35N3O8/c1-5-18-19-13-17(35)10-11-23(19)33-26-21(18)15-34-24(26)14-20-22(28(34)37)16-40-29(38)27(20)41-30(39)32-12-8-6-7-9-25(36)42-31(2,3)4/h10-11,13-14,27,35H,5-9,12,15-16H2,1-4H3,(H,32,39)/t27-/m0/s1. The van der Waals surface area contributed by atoms with Crippen LogP contribution >= 0.6 is 0 Å². The molecule has 2 aliphatic heterocycles. The van der Waals surface area contributed by atoms with Gasteiger partial charge in [0, 0.05) is 29.5 Å². The second-order valence-electron chi connectivity index (χ2n) is 11.5. The highest BCUT2D eigenvalue weighted by molar-refractivity contribution is 5.89. The summed E-state index contributed by atoms with van der Waals surface area (Å²) in [6.45, 7) is 7.83. The molecule has 0 spiro atoms. The quantitative estimate of drug-likeness (QED) is 0.176. The van der Waals surface area contributed by atoms with Gasteiger partial charge in [0.15, 0.2) is 0 Å². The van der Waals surface area contributed by atoms with E-state index >= 15 is 0 Å². The van der Waals surface area contributed by atoms with E-state index in [1.54, 1.807) is 28.8 Å². The molecule has 1 aromatic carbocycles. The molecule has 0 saturated heterocycles. The van der Waals surface area contributed by atoms with Crippen molar-refractivity contribution in [3.05, 3.63) is 56.9 Å². The van der Waals surface area contributed by atoms with E-state index in [0.717, 1.165) is 16.5 Å². The molecule has 42 heavy (non-hydrogen) atoms. The average molecular weight is 578 g/mol. The highest BCUT2D eigenvalue weighted by Crippen LogP contribution is 2.39. The molecule has 0 bridgehead atoms. The van der Waals surface area contributed by atoms with Crippen molar-refractivity contribution in [3.63, 3.8) is 0 Å². The summed E-state index contributed by atoms with van der Waals surface area (Å²) in [7, 11) is 0. The molecule has 2 aromatic heterocycles. The van der Waals surface area contributed by atoms with Gasteiger partial charge in [0.1, 0.15) is 18.0 Å². The molecule has 222 valence electrons. The number of cyclic esters (lactones) is 1. The third kappa shape index (κ3) is 5.81. The van der Waals surface area contributed by atoms with Gasteiger partial charge >= 0.3 is 18.0 Å². The number of nitrogens with zero attached hydrogens (tertiary/aromatic N) is 2. The Bertz CT molecular complexity index is 1640. The van der Waals surface area contributed by atoms with E-state index in [9.17, 15) is 24.3 Å². The van der Waals surface area contributed by atoms with E-state index in [0.29, 0.717) is 55.6 Å². The maximum absolute atomic E-state index is 13.6. The molecule has 3 aromatic rings. The number of carbonyl (C=O) groups is 3. The van der Waals surface area contributed by atoms with Crippen LogP contribution in [-0.2, 0) is 43.4 Å². The summed E-state index contributed by atoms with van der Waals surface area (Å²) in [4.78, 5) is 55.5. The number of esters is 2. The van der Waals surface area contributed by atoms with Gasteiger partial charge in [0.2, 0.25) is 6.10 Å². The van der Waals surface area contributed by atoms with Crippen molar-refractivity contribution in [1.82, 2.24) is 14.9 Å². The van der Waals surface area contributed by atoms with Crippen molar-refractivity contribution in [2.45, 2.75) is 84.7 Å². The van der Waals surface area contributed by atoms with Crippen molar-refractivity contribution in [1.29, 1.82) is 0 Å². The fraction of sp³-hybridized carbons (Fsp3) is 0.452. The van der Waals surface area contributed by atoms with Crippen molar-refractivity contribution in [3.8, 4) is 17.1 Å². The van der Waals surface area contributed by atoms with Gasteiger partial charge in [-0.1, -0.05) is 13.3 Å². The Morgan fingerprint density at radius 1 is 1.14 bits per heavy atom. The minimum atomic E-state index is -1.40. The molecular weight excluding hydrogens is 542 g/mol. The van der Waals surface area contributed by atoms with Crippen LogP contribution in [0.5, 0.6) is 5.75 Å². The highest BCUT2D eigenvalue weighted by Gasteiger charge is 2.38. The van der Waals surface area contributed by atoms with Crippen LogP contribution in [-0.4, -0.2) is 44.8 Å². The zero-order valence-corrected chi connectivity index (χ0v) is 24.2. The van der Waals surface area contributed by atoms with E-state index in [-0.39, 0.29) is 41.6 Å². The Morgan fingerprint density at radius 2 is 1.93 bits per heavy atom. The SMILES string of the molecule is CCc1c2c(nc3ccc(O)cc13)-c1cc3c(c(=O)n1C2)COC(=O)[C@H]3OC(=O)NCCCCCC(=O)OC(C)(C)C. The Balaban J connectivity index is 1.30. The Labute approximate surface area is 242 Å². The number of aryl methyl sites for hydroxylation is 1. The predicted octanol–water partition coefficient (Wildman–Crippen LogP) is 4.42. The predicted molar refractivity (Wildman–Crippen MR) is 153 cm³/mol. The first-order valence-corrected chi connectivity index (χ1v) is 14.2. The van der Waals surface area contributed by atoms with Crippen molar-refractivity contribution >= 4 is 28.9 Å². The normalized spacial score (nSPS) is 15.4. The molecule has 5 rings (SSSR count). The van der Waals surface area contributed by atoms with E-state index in [1.165, 1.54) is 0 Å². The van der Waals surface area contributed by atoms with Gasteiger partial charge in [-0.3, -0.25) is 9.59 Å². The molecule has 2 aliphatic rings. The number of hydrogen-bond acceptors (Lipinski definition) is 9. The number of alkyl carbamates (subject to hydrolysis) is 1. The molecule has 0 saturated carbocycles. The van der Waals surface area contributed by atoms with Crippen LogP contribution in [0, 0.1) is 0 Å². The van der Waals surface area contributed by atoms with Crippen LogP contribution in [0.3, 0.4) is 0 Å². The molecule has 0 unspecified atom stereocenters. The first-order chi connectivity index (χ1) is 20.0. The highest BCUT2D eigenvalue weighted by atomic mass is 16.6. The summed E-state index contributed by atoms with van der Waals surface area (Å²) in [6, 6.07) is 6.66. The zero-order valence-electron chi connectivity index (χ0n) is 24.2. The number of nitrogens with one attached hydrogen (secondary N) is 1.